The zero-order valence-electron chi connectivity index (χ0n) is 20.5. The quantitative estimate of drug-likeness (QED) is 0.142. The predicted molar refractivity (Wildman–Crippen MR) is 145 cm³/mol. The lowest BCUT2D eigenvalue weighted by molar-refractivity contribution is 0.0734. The van der Waals surface area contributed by atoms with Crippen LogP contribution in [-0.2, 0) is 12.8 Å². The lowest BCUT2D eigenvalue weighted by Gasteiger charge is -2.12. The molecule has 0 heterocycles. The van der Waals surface area contributed by atoms with E-state index in [4.69, 9.17) is 4.74 Å². The van der Waals surface area contributed by atoms with Crippen molar-refractivity contribution in [3.8, 4) is 16.9 Å². The summed E-state index contributed by atoms with van der Waals surface area (Å²) < 4.78 is 5.56. The maximum Gasteiger partial charge on any atom is 0.343 e. The van der Waals surface area contributed by atoms with Gasteiger partial charge >= 0.3 is 5.97 Å². The number of carbonyl (C=O) groups is 1. The highest BCUT2D eigenvalue weighted by molar-refractivity contribution is 5.91. The van der Waals surface area contributed by atoms with Crippen molar-refractivity contribution in [2.75, 3.05) is 0 Å². The summed E-state index contributed by atoms with van der Waals surface area (Å²) in [5.74, 6) is 0.694. The topological polar surface area (TPSA) is 26.3 Å². The van der Waals surface area contributed by atoms with Crippen molar-refractivity contribution in [3.05, 3.63) is 138 Å². The Bertz CT molecular complexity index is 1240. The summed E-state index contributed by atoms with van der Waals surface area (Å²) in [6.07, 6.45) is 7.21. The predicted octanol–water partition coefficient (Wildman–Crippen LogP) is 8.43. The molecule has 0 aromatic heterocycles. The molecule has 176 valence electrons. The van der Waals surface area contributed by atoms with Crippen LogP contribution < -0.4 is 4.74 Å². The van der Waals surface area contributed by atoms with Gasteiger partial charge in [0.2, 0.25) is 0 Å². The van der Waals surface area contributed by atoms with Crippen molar-refractivity contribution >= 4 is 5.97 Å². The number of benzene rings is 4. The minimum absolute atomic E-state index is 0.344. The molecule has 1 unspecified atom stereocenters. The molecule has 0 saturated heterocycles. The molecule has 1 atom stereocenters. The molecule has 35 heavy (non-hydrogen) atoms. The van der Waals surface area contributed by atoms with Gasteiger partial charge in [0.25, 0.3) is 0 Å². The van der Waals surface area contributed by atoms with Crippen LogP contribution in [0.1, 0.15) is 53.2 Å². The Balaban J connectivity index is 1.34. The standard InChI is InChI=1S/C33H32O2/c1-3-4-6-9-26-14-22-32(23-15-26)35-33(34)31-20-18-30(19-21-31)29-16-12-27(13-17-29)24-25(2)28-10-7-5-8-11-28/h3-5,7-8,10-23,25H,6,9,24H2,1-2H3/b4-3+. The van der Waals surface area contributed by atoms with Gasteiger partial charge in [-0.25, -0.2) is 4.79 Å². The van der Waals surface area contributed by atoms with Crippen LogP contribution >= 0.6 is 0 Å². The minimum Gasteiger partial charge on any atom is -0.423 e. The lowest BCUT2D eigenvalue weighted by Crippen LogP contribution is -2.08. The zero-order valence-corrected chi connectivity index (χ0v) is 20.5. The van der Waals surface area contributed by atoms with E-state index < -0.39 is 0 Å². The van der Waals surface area contributed by atoms with Crippen molar-refractivity contribution in [2.24, 2.45) is 0 Å². The number of hydrogen-bond acceptors (Lipinski definition) is 2. The summed E-state index contributed by atoms with van der Waals surface area (Å²) in [4.78, 5) is 12.6. The second-order valence-corrected chi connectivity index (χ2v) is 8.93. The van der Waals surface area contributed by atoms with Crippen LogP contribution in [0.25, 0.3) is 11.1 Å². The molecule has 2 nitrogen and oxygen atoms in total. The third kappa shape index (κ3) is 6.80. The van der Waals surface area contributed by atoms with E-state index in [1.807, 2.05) is 55.5 Å². The third-order valence-corrected chi connectivity index (χ3v) is 6.29. The highest BCUT2D eigenvalue weighted by Crippen LogP contribution is 2.24. The minimum atomic E-state index is -0.344. The van der Waals surface area contributed by atoms with Crippen molar-refractivity contribution in [2.45, 2.75) is 39.0 Å². The first-order chi connectivity index (χ1) is 17.1. The number of rotatable bonds is 9. The Morgan fingerprint density at radius 2 is 1.37 bits per heavy atom. The van der Waals surface area contributed by atoms with E-state index in [1.165, 1.54) is 16.7 Å². The van der Waals surface area contributed by atoms with Gasteiger partial charge in [-0.15, -0.1) is 0 Å². The lowest BCUT2D eigenvalue weighted by atomic mass is 9.93. The van der Waals surface area contributed by atoms with Gasteiger partial charge in [0.1, 0.15) is 5.75 Å². The van der Waals surface area contributed by atoms with Crippen LogP contribution in [0.4, 0.5) is 0 Å². The van der Waals surface area contributed by atoms with E-state index in [1.54, 1.807) is 0 Å². The molecular weight excluding hydrogens is 428 g/mol. The van der Waals surface area contributed by atoms with Gasteiger partial charge < -0.3 is 4.74 Å². The van der Waals surface area contributed by atoms with Gasteiger partial charge in [-0.05, 0) is 84.2 Å². The Kier molecular flexibility index (Phi) is 8.30. The highest BCUT2D eigenvalue weighted by Gasteiger charge is 2.10. The molecular formula is C33H32O2. The molecule has 0 radical (unpaired) electrons. The maximum absolute atomic E-state index is 12.6. The molecule has 0 spiro atoms. The Hall–Kier alpha value is -3.91. The fourth-order valence-electron chi connectivity index (χ4n) is 4.19. The van der Waals surface area contributed by atoms with Gasteiger partial charge in [-0.3, -0.25) is 0 Å². The average molecular weight is 461 g/mol. The largest absolute Gasteiger partial charge is 0.423 e. The molecule has 0 fully saturated rings. The Morgan fingerprint density at radius 3 is 2.00 bits per heavy atom. The van der Waals surface area contributed by atoms with Crippen molar-refractivity contribution < 1.29 is 9.53 Å². The van der Waals surface area contributed by atoms with Crippen LogP contribution in [0.5, 0.6) is 5.75 Å². The van der Waals surface area contributed by atoms with Crippen LogP contribution in [0.3, 0.4) is 0 Å². The van der Waals surface area contributed by atoms with Gasteiger partial charge in [-0.1, -0.05) is 97.9 Å². The molecule has 0 bridgehead atoms. The molecule has 4 aromatic carbocycles. The molecule has 4 rings (SSSR count). The molecule has 0 aliphatic heterocycles. The molecule has 4 aromatic rings. The average Bonchev–Trinajstić information content (AvgIpc) is 2.91. The van der Waals surface area contributed by atoms with Crippen molar-refractivity contribution in [3.63, 3.8) is 0 Å². The second kappa shape index (κ2) is 12.0. The number of aryl methyl sites for hydroxylation is 1. The first kappa shape index (κ1) is 24.2. The van der Waals surface area contributed by atoms with E-state index in [0.717, 1.165) is 30.4 Å². The van der Waals surface area contributed by atoms with Crippen molar-refractivity contribution in [1.29, 1.82) is 0 Å². The highest BCUT2D eigenvalue weighted by atomic mass is 16.5. The number of hydrogen-bond donors (Lipinski definition) is 0. The summed E-state index contributed by atoms with van der Waals surface area (Å²) in [7, 11) is 0. The first-order valence-electron chi connectivity index (χ1n) is 12.3. The third-order valence-electron chi connectivity index (χ3n) is 6.29. The molecule has 0 N–H and O–H groups in total. The SMILES string of the molecule is C/C=C/CCc1ccc(OC(=O)c2ccc(-c3ccc(CC(C)c4ccccc4)cc3)cc2)cc1. The molecule has 0 aliphatic carbocycles. The van der Waals surface area contributed by atoms with Crippen molar-refractivity contribution in [1.82, 2.24) is 0 Å². The van der Waals surface area contributed by atoms with E-state index in [2.05, 4.69) is 73.7 Å². The first-order valence-corrected chi connectivity index (χ1v) is 12.3. The molecule has 0 amide bonds. The van der Waals surface area contributed by atoms with Crippen LogP contribution in [0, 0.1) is 0 Å². The summed E-state index contributed by atoms with van der Waals surface area (Å²) in [6.45, 7) is 4.29. The van der Waals surface area contributed by atoms with Crippen LogP contribution in [0.2, 0.25) is 0 Å². The fourth-order valence-corrected chi connectivity index (χ4v) is 4.19. The van der Waals surface area contributed by atoms with Gasteiger partial charge in [-0.2, -0.15) is 0 Å². The Morgan fingerprint density at radius 1 is 0.771 bits per heavy atom. The second-order valence-electron chi connectivity index (χ2n) is 8.93. The summed E-state index contributed by atoms with van der Waals surface area (Å²) in [5, 5.41) is 0. The summed E-state index contributed by atoms with van der Waals surface area (Å²) in [5.41, 5.74) is 6.66. The van der Waals surface area contributed by atoms with E-state index >= 15 is 0 Å². The monoisotopic (exact) mass is 460 g/mol. The maximum atomic E-state index is 12.6. The number of esters is 1. The molecule has 2 heteroatoms. The molecule has 0 saturated carbocycles. The normalized spacial score (nSPS) is 11.9. The van der Waals surface area contributed by atoms with Gasteiger partial charge in [0, 0.05) is 0 Å². The summed E-state index contributed by atoms with van der Waals surface area (Å²) in [6, 6.07) is 34.7. The van der Waals surface area contributed by atoms with E-state index in [-0.39, 0.29) is 5.97 Å². The smallest absolute Gasteiger partial charge is 0.343 e. The van der Waals surface area contributed by atoms with E-state index in [0.29, 0.717) is 17.2 Å². The summed E-state index contributed by atoms with van der Waals surface area (Å²) >= 11 is 0. The van der Waals surface area contributed by atoms with Crippen LogP contribution in [-0.4, -0.2) is 5.97 Å². The van der Waals surface area contributed by atoms with E-state index in [9.17, 15) is 4.79 Å². The van der Waals surface area contributed by atoms with Gasteiger partial charge in [0.05, 0.1) is 5.56 Å². The number of ether oxygens (including phenoxy) is 1. The zero-order chi connectivity index (χ0) is 24.5. The number of carbonyl (C=O) groups excluding carboxylic acids is 1. The van der Waals surface area contributed by atoms with Gasteiger partial charge in [0.15, 0.2) is 0 Å². The Labute approximate surface area is 208 Å². The number of allylic oxidation sites excluding steroid dienone is 2. The molecule has 0 aliphatic rings. The fraction of sp³-hybridized carbons (Fsp3) is 0.182. The van der Waals surface area contributed by atoms with Crippen LogP contribution in [0.15, 0.2) is 115 Å².